The monoisotopic (exact) mass is 2080 g/mol. The summed E-state index contributed by atoms with van der Waals surface area (Å²) in [6.07, 6.45) is -34.0. The summed E-state index contributed by atoms with van der Waals surface area (Å²) in [7, 11) is 0. The fourth-order valence-corrected chi connectivity index (χ4v) is 19.3. The standard InChI is InChI=1S/C96H170N4O44/c1-6-8-10-12-14-16-18-20-21-22-23-24-25-26-27-29-31-33-35-37-39-41-66(115)100-55(56(110)40-38-36-34-32-30-28-19-17-15-13-11-9-7-2)50-131-89-77(123)75(121)81(63(48-105)135-89)138-90-78(124)76(122)82(64(49-106)136-90)139-91-79(125)86(72(118)61(46-103)133-91)141-88-69(99-54(5)109)83(74(120)65(137-88)51-132-95(93(127)128)42-57(111)67(97-52(3)107)84(142-95)70(116)59(113)44-101)140-92-80(126)87(73(119)62(47-104)134-92)144-96(94(129)130)43-58(112)68(98-53(4)108)85(143-96)71(117)60(114)45-102/h38,40,55-65,67-92,101-106,110-114,116-126H,6-37,39,41-51H2,1-5H3,(H,97,107)(H,98,108)(H,99,109)(H,100,115)(H,127,128)(H,129,130)/b40-38+/t55-,56+,57?,58?,59+,60+,61?,62?,63?,64?,65?,67+,68+,69?,70+,71+,72-,73-,74-,75+,76+,77?,78?,79?,80?,81+,82-,83+,84?,85?,86-,87-,88-,89+,90-,91-,92-,95+,96-/m0/s1. The largest absolute Gasteiger partial charge is 0.477 e. The van der Waals surface area contributed by atoms with Crippen LogP contribution in [0.2, 0.25) is 0 Å². The highest BCUT2D eigenvalue weighted by Crippen LogP contribution is 2.43. The number of carboxylic acid groups (broad SMARTS) is 2. The number of aliphatic carboxylic acids is 2. The summed E-state index contributed by atoms with van der Waals surface area (Å²) in [6, 6.07) is -6.95. The molecule has 39 atom stereocenters. The molecule has 48 nitrogen and oxygen atoms in total. The summed E-state index contributed by atoms with van der Waals surface area (Å²) >= 11 is 0. The Balaban J connectivity index is 1.07. The van der Waals surface area contributed by atoms with E-state index in [9.17, 15) is 151 Å². The van der Waals surface area contributed by atoms with Crippen LogP contribution in [-0.4, -0.2) is 449 Å². The summed E-state index contributed by atoms with van der Waals surface area (Å²) in [6.45, 7) is -1.97. The van der Waals surface area contributed by atoms with Crippen molar-refractivity contribution in [3.8, 4) is 0 Å². The maximum Gasteiger partial charge on any atom is 0.364 e. The first-order valence-electron chi connectivity index (χ1n) is 51.7. The SMILES string of the molecule is CCCCCCCCCCCCC/C=C/[C@@H](O)[C@H](CO[C@@H]1OC(CO)[C@@H](O[C@@H]2OC(CO)[C@H](O[C@@H]3OC(CO)[C@H](O)[C@H](O[C@@H]4OC(CO[C@]5(C(=O)O)CC(O)[C@@H](NC(C)=O)C([C@H](O)[C@H](O)CO)O5)[C@H](O)[C@H](O[C@@H]5OC(CO)[C@H](O)[C@H](O[C@]6(C(=O)O)CC(O)[C@@H](NC(C)=O)C([C@H](O)[C@H](O)CO)O6)C5O)C4NC(C)=O)C3O)[C@H](O)C2O)[C@H](O)C1O)NC(=O)CCCCCCCCCCCCCCCCCCCCCCC. The Hall–Kier alpha value is -4.88. The molecule has 0 bridgehead atoms. The van der Waals surface area contributed by atoms with Crippen LogP contribution in [0.1, 0.15) is 266 Å². The van der Waals surface area contributed by atoms with E-state index in [2.05, 4.69) is 35.1 Å². The molecule has 7 aliphatic heterocycles. The van der Waals surface area contributed by atoms with E-state index < -0.39 is 333 Å². The lowest BCUT2D eigenvalue weighted by atomic mass is 9.88. The molecule has 7 heterocycles. The number of hydrogen-bond donors (Lipinski definition) is 28. The summed E-state index contributed by atoms with van der Waals surface area (Å²) in [4.78, 5) is 79.2. The van der Waals surface area contributed by atoms with Gasteiger partial charge in [0.05, 0.1) is 89.3 Å². The smallest absolute Gasteiger partial charge is 0.364 e. The number of amides is 4. The normalized spacial score (nSPS) is 35.6. The maximum absolute atomic E-state index is 13.7. The zero-order chi connectivity index (χ0) is 106. The molecule has 0 aliphatic carbocycles. The number of carboxylic acids is 2. The van der Waals surface area contributed by atoms with E-state index in [-0.39, 0.29) is 12.3 Å². The summed E-state index contributed by atoms with van der Waals surface area (Å²) in [5.74, 6) is -14.3. The lowest BCUT2D eigenvalue weighted by molar-refractivity contribution is -0.394. The van der Waals surface area contributed by atoms with Gasteiger partial charge >= 0.3 is 11.9 Å². The van der Waals surface area contributed by atoms with Crippen LogP contribution in [0, 0.1) is 0 Å². The first-order valence-corrected chi connectivity index (χ1v) is 51.7. The molecule has 14 unspecified atom stereocenters. The van der Waals surface area contributed by atoms with Gasteiger partial charge in [-0.15, -0.1) is 0 Å². The maximum atomic E-state index is 13.7. The number of carbonyl (C=O) groups is 6. The van der Waals surface area contributed by atoms with Crippen molar-refractivity contribution in [3.63, 3.8) is 0 Å². The predicted octanol–water partition coefficient (Wildman–Crippen LogP) is -3.70. The van der Waals surface area contributed by atoms with Crippen molar-refractivity contribution < 1.29 is 218 Å². The number of nitrogens with one attached hydrogen (secondary N) is 4. The van der Waals surface area contributed by atoms with E-state index in [0.717, 1.165) is 85.0 Å². The van der Waals surface area contributed by atoms with Gasteiger partial charge in [-0.3, -0.25) is 19.2 Å². The summed E-state index contributed by atoms with van der Waals surface area (Å²) in [5, 5.41) is 282. The molecule has 0 aromatic rings. The van der Waals surface area contributed by atoms with Crippen molar-refractivity contribution in [2.75, 3.05) is 52.9 Å². The molecule has 28 N–H and O–H groups in total. The third-order valence-electron chi connectivity index (χ3n) is 27.7. The number of aliphatic hydroxyl groups is 22. The van der Waals surface area contributed by atoms with Gasteiger partial charge in [-0.05, 0) is 19.3 Å². The Morgan fingerprint density at radius 1 is 0.375 bits per heavy atom. The molecule has 0 spiro atoms. The van der Waals surface area contributed by atoms with Gasteiger partial charge < -0.3 is 210 Å². The average Bonchev–Trinajstić information content (AvgIpc) is 0.748. The molecule has 7 fully saturated rings. The van der Waals surface area contributed by atoms with Crippen LogP contribution in [0.25, 0.3) is 0 Å². The van der Waals surface area contributed by atoms with Crippen LogP contribution in [0.4, 0.5) is 0 Å². The van der Waals surface area contributed by atoms with Crippen LogP contribution >= 0.6 is 0 Å². The summed E-state index contributed by atoms with van der Waals surface area (Å²) < 4.78 is 83.3. The number of unbranched alkanes of at least 4 members (excludes halogenated alkanes) is 31. The van der Waals surface area contributed by atoms with Crippen LogP contribution < -0.4 is 21.3 Å². The molecule has 838 valence electrons. The van der Waals surface area contributed by atoms with E-state index in [1.54, 1.807) is 6.08 Å². The number of rotatable bonds is 68. The average molecular weight is 2080 g/mol. The third-order valence-corrected chi connectivity index (χ3v) is 27.7. The minimum absolute atomic E-state index is 0.131. The van der Waals surface area contributed by atoms with Gasteiger partial charge in [0.1, 0.15) is 159 Å². The fraction of sp³-hybridized carbons (Fsp3) is 0.917. The van der Waals surface area contributed by atoms with Crippen molar-refractivity contribution >= 4 is 35.6 Å². The van der Waals surface area contributed by atoms with Gasteiger partial charge in [0.15, 0.2) is 31.5 Å². The van der Waals surface area contributed by atoms with Gasteiger partial charge in [-0.2, -0.15) is 0 Å². The van der Waals surface area contributed by atoms with E-state index in [1.807, 2.05) is 6.08 Å². The van der Waals surface area contributed by atoms with Crippen LogP contribution in [0.15, 0.2) is 12.2 Å². The van der Waals surface area contributed by atoms with E-state index >= 15 is 0 Å². The number of aliphatic hydroxyl groups excluding tert-OH is 22. The van der Waals surface area contributed by atoms with E-state index in [0.29, 0.717) is 12.8 Å². The molecule has 0 saturated carbocycles. The summed E-state index contributed by atoms with van der Waals surface area (Å²) in [5.41, 5.74) is 0. The first-order chi connectivity index (χ1) is 68.8. The van der Waals surface area contributed by atoms with E-state index in [1.165, 1.54) is 135 Å². The Labute approximate surface area is 839 Å². The third kappa shape index (κ3) is 37.3. The molecule has 4 amide bonds. The van der Waals surface area contributed by atoms with Crippen molar-refractivity contribution in [2.45, 2.75) is 504 Å². The second-order valence-electron chi connectivity index (χ2n) is 39.2. The highest BCUT2D eigenvalue weighted by molar-refractivity contribution is 5.78. The Morgan fingerprint density at radius 3 is 1.13 bits per heavy atom. The van der Waals surface area contributed by atoms with Gasteiger partial charge in [0.25, 0.3) is 11.6 Å². The van der Waals surface area contributed by atoms with Gasteiger partial charge in [-0.25, -0.2) is 9.59 Å². The molecule has 48 heteroatoms. The van der Waals surface area contributed by atoms with Crippen LogP contribution in [-0.2, 0) is 95.1 Å². The Bertz CT molecular complexity index is 3650. The minimum Gasteiger partial charge on any atom is -0.477 e. The van der Waals surface area contributed by atoms with Crippen molar-refractivity contribution in [1.82, 2.24) is 21.3 Å². The number of hydrogen-bond acceptors (Lipinski definition) is 42. The van der Waals surface area contributed by atoms with Crippen molar-refractivity contribution in [2.24, 2.45) is 0 Å². The van der Waals surface area contributed by atoms with Crippen LogP contribution in [0.5, 0.6) is 0 Å². The quantitative estimate of drug-likeness (QED) is 0.0206. The number of carbonyl (C=O) groups excluding carboxylic acids is 4. The lowest BCUT2D eigenvalue weighted by Crippen LogP contribution is -2.72. The zero-order valence-electron chi connectivity index (χ0n) is 83.5. The fourth-order valence-electron chi connectivity index (χ4n) is 19.3. The van der Waals surface area contributed by atoms with Crippen molar-refractivity contribution in [1.29, 1.82) is 0 Å². The van der Waals surface area contributed by atoms with Gasteiger partial charge in [0, 0.05) is 40.0 Å². The molecular formula is C96H170N4O44. The molecule has 7 rings (SSSR count). The second-order valence-corrected chi connectivity index (χ2v) is 39.2. The Kier molecular flexibility index (Phi) is 56.7. The lowest BCUT2D eigenvalue weighted by Gasteiger charge is -2.52. The highest BCUT2D eigenvalue weighted by atomic mass is 16.8. The number of ether oxygens (including phenoxy) is 14. The molecule has 0 aromatic carbocycles. The number of allylic oxidation sites excluding steroid dienone is 1. The predicted molar refractivity (Wildman–Crippen MR) is 500 cm³/mol. The van der Waals surface area contributed by atoms with Crippen LogP contribution in [0.3, 0.4) is 0 Å². The van der Waals surface area contributed by atoms with Crippen molar-refractivity contribution in [3.05, 3.63) is 12.2 Å². The molecule has 0 radical (unpaired) electrons. The van der Waals surface area contributed by atoms with Gasteiger partial charge in [-0.1, -0.05) is 219 Å². The van der Waals surface area contributed by atoms with Gasteiger partial charge in [0.2, 0.25) is 23.6 Å². The molecule has 0 aromatic heterocycles. The molecule has 7 aliphatic rings. The molecular weight excluding hydrogens is 1910 g/mol. The molecule has 7 saturated heterocycles. The topological polar surface area (TPSA) is 765 Å². The minimum atomic E-state index is -3.40. The zero-order valence-corrected chi connectivity index (χ0v) is 83.5. The van der Waals surface area contributed by atoms with E-state index in [4.69, 9.17) is 66.3 Å². The second kappa shape index (κ2) is 64.8. The Morgan fingerprint density at radius 2 is 0.715 bits per heavy atom. The first kappa shape index (κ1) is 126. The molecule has 144 heavy (non-hydrogen) atoms. The highest BCUT2D eigenvalue weighted by Gasteiger charge is 2.64.